The van der Waals surface area contributed by atoms with Gasteiger partial charge in [-0.1, -0.05) is 0 Å². The second-order valence-electron chi connectivity index (χ2n) is 3.82. The number of hydrogen-bond donors (Lipinski definition) is 1. The maximum atomic E-state index is 11.9. The number of aliphatic imine (C=N–C) groups is 1. The molecular formula is C10H13N3O2S2. The number of nitrogens with one attached hydrogen (secondary N) is 1. The number of fused-ring (bicyclic) bond motifs is 1. The van der Waals surface area contributed by atoms with Gasteiger partial charge in [0.1, 0.15) is 5.84 Å². The van der Waals surface area contributed by atoms with Crippen LogP contribution in [0.4, 0.5) is 5.69 Å². The fourth-order valence-corrected chi connectivity index (χ4v) is 3.08. The number of amidine groups is 1. The number of sulfonamides is 1. The normalized spacial score (nSPS) is 15.2. The summed E-state index contributed by atoms with van der Waals surface area (Å²) in [6.45, 7) is 1.86. The van der Waals surface area contributed by atoms with E-state index in [0.29, 0.717) is 0 Å². The van der Waals surface area contributed by atoms with Gasteiger partial charge >= 0.3 is 0 Å². The SMILES string of the molecule is CC1=Nc2ccc(S(=O)(=O)N(C)C)cc2SN1. The van der Waals surface area contributed by atoms with Gasteiger partial charge in [-0.3, -0.25) is 0 Å². The summed E-state index contributed by atoms with van der Waals surface area (Å²) >= 11 is 1.38. The smallest absolute Gasteiger partial charge is 0.242 e. The van der Waals surface area contributed by atoms with Crippen molar-refractivity contribution < 1.29 is 8.42 Å². The first-order valence-electron chi connectivity index (χ1n) is 4.96. The van der Waals surface area contributed by atoms with Crippen LogP contribution in [0.5, 0.6) is 0 Å². The van der Waals surface area contributed by atoms with Crippen LogP contribution in [-0.4, -0.2) is 32.7 Å². The lowest BCUT2D eigenvalue weighted by Gasteiger charge is -2.16. The van der Waals surface area contributed by atoms with E-state index in [-0.39, 0.29) is 4.90 Å². The average molecular weight is 271 g/mol. The molecule has 1 aliphatic rings. The second-order valence-corrected chi connectivity index (χ2v) is 6.82. The Balaban J connectivity index is 2.49. The van der Waals surface area contributed by atoms with Crippen molar-refractivity contribution in [3.63, 3.8) is 0 Å². The predicted molar refractivity (Wildman–Crippen MR) is 69.1 cm³/mol. The van der Waals surface area contributed by atoms with Crippen molar-refractivity contribution in [1.29, 1.82) is 0 Å². The first-order chi connectivity index (χ1) is 7.91. The summed E-state index contributed by atoms with van der Waals surface area (Å²) < 4.78 is 28.1. The van der Waals surface area contributed by atoms with Crippen molar-refractivity contribution in [2.45, 2.75) is 16.7 Å². The molecule has 1 heterocycles. The van der Waals surface area contributed by atoms with Crippen LogP contribution in [0.3, 0.4) is 0 Å². The molecule has 17 heavy (non-hydrogen) atoms. The molecule has 0 radical (unpaired) electrons. The topological polar surface area (TPSA) is 61.8 Å². The summed E-state index contributed by atoms with van der Waals surface area (Å²) in [6.07, 6.45) is 0. The third-order valence-electron chi connectivity index (χ3n) is 2.31. The standard InChI is InChI=1S/C10H13N3O2S2/c1-7-11-9-5-4-8(6-10(9)16-12-7)17(14,15)13(2)3/h4-6H,1-3H3,(H,11,12). The van der Waals surface area contributed by atoms with E-state index in [0.717, 1.165) is 16.4 Å². The summed E-state index contributed by atoms with van der Waals surface area (Å²) in [5, 5.41) is 0. The minimum atomic E-state index is -3.38. The summed E-state index contributed by atoms with van der Waals surface area (Å²) in [6, 6.07) is 4.94. The zero-order chi connectivity index (χ0) is 12.6. The van der Waals surface area contributed by atoms with Crippen LogP contribution in [0, 0.1) is 0 Å². The molecule has 7 heteroatoms. The summed E-state index contributed by atoms with van der Waals surface area (Å²) in [5.41, 5.74) is 0.795. The molecule has 5 nitrogen and oxygen atoms in total. The Kier molecular flexibility index (Phi) is 3.15. The molecule has 0 atom stereocenters. The van der Waals surface area contributed by atoms with Gasteiger partial charge in [0.15, 0.2) is 0 Å². The van der Waals surface area contributed by atoms with Crippen LogP contribution in [0.1, 0.15) is 6.92 Å². The Bertz CT molecular complexity index is 579. The van der Waals surface area contributed by atoms with Crippen molar-refractivity contribution >= 4 is 33.5 Å². The van der Waals surface area contributed by atoms with E-state index in [1.54, 1.807) is 18.2 Å². The maximum Gasteiger partial charge on any atom is 0.242 e. The largest absolute Gasteiger partial charge is 0.314 e. The van der Waals surface area contributed by atoms with Gasteiger partial charge in [0.2, 0.25) is 10.0 Å². The van der Waals surface area contributed by atoms with Gasteiger partial charge in [0, 0.05) is 14.1 Å². The Morgan fingerprint density at radius 3 is 2.71 bits per heavy atom. The highest BCUT2D eigenvalue weighted by molar-refractivity contribution is 7.98. The maximum absolute atomic E-state index is 11.9. The Morgan fingerprint density at radius 2 is 2.06 bits per heavy atom. The highest BCUT2D eigenvalue weighted by atomic mass is 32.2. The van der Waals surface area contributed by atoms with Crippen molar-refractivity contribution in [1.82, 2.24) is 9.03 Å². The highest BCUT2D eigenvalue weighted by Crippen LogP contribution is 2.33. The van der Waals surface area contributed by atoms with Crippen molar-refractivity contribution in [2.24, 2.45) is 4.99 Å². The molecule has 1 N–H and O–H groups in total. The van der Waals surface area contributed by atoms with Gasteiger partial charge in [-0.05, 0) is 37.1 Å². The number of nitrogens with zero attached hydrogens (tertiary/aromatic N) is 2. The molecule has 0 spiro atoms. The molecule has 0 amide bonds. The van der Waals surface area contributed by atoms with Crippen molar-refractivity contribution in [3.05, 3.63) is 18.2 Å². The zero-order valence-corrected chi connectivity index (χ0v) is 11.4. The monoisotopic (exact) mass is 271 g/mol. The summed E-state index contributed by atoms with van der Waals surface area (Å²) in [5.74, 6) is 0.811. The van der Waals surface area contributed by atoms with E-state index in [4.69, 9.17) is 0 Å². The third kappa shape index (κ3) is 2.31. The molecular weight excluding hydrogens is 258 g/mol. The minimum Gasteiger partial charge on any atom is -0.314 e. The molecule has 1 aromatic carbocycles. The van der Waals surface area contributed by atoms with Gasteiger partial charge < -0.3 is 4.72 Å². The van der Waals surface area contributed by atoms with E-state index in [1.807, 2.05) is 6.92 Å². The lowest BCUT2D eigenvalue weighted by atomic mass is 10.3. The van der Waals surface area contributed by atoms with E-state index >= 15 is 0 Å². The second kappa shape index (κ2) is 4.32. The molecule has 0 aromatic heterocycles. The van der Waals surface area contributed by atoms with Crippen LogP contribution >= 0.6 is 11.9 Å². The van der Waals surface area contributed by atoms with Gasteiger partial charge in [-0.25, -0.2) is 17.7 Å². The summed E-state index contributed by atoms with van der Waals surface area (Å²) in [4.78, 5) is 5.39. The molecule has 0 aliphatic carbocycles. The number of hydrogen-bond acceptors (Lipinski definition) is 5. The number of benzene rings is 1. The predicted octanol–water partition coefficient (Wildman–Crippen LogP) is 1.60. The lowest BCUT2D eigenvalue weighted by molar-refractivity contribution is 0.520. The quantitative estimate of drug-likeness (QED) is 0.830. The summed E-state index contributed by atoms with van der Waals surface area (Å²) in [7, 11) is -0.347. The molecule has 2 rings (SSSR count). The molecule has 0 unspecified atom stereocenters. The van der Waals surface area contributed by atoms with Crippen LogP contribution in [0.2, 0.25) is 0 Å². The van der Waals surface area contributed by atoms with Gasteiger partial charge in [0.05, 0.1) is 15.5 Å². The fraction of sp³-hybridized carbons (Fsp3) is 0.300. The minimum absolute atomic E-state index is 0.283. The van der Waals surface area contributed by atoms with E-state index in [1.165, 1.54) is 30.3 Å². The van der Waals surface area contributed by atoms with Crippen LogP contribution in [0.25, 0.3) is 0 Å². The lowest BCUT2D eigenvalue weighted by Crippen LogP contribution is -2.22. The first kappa shape index (κ1) is 12.4. The van der Waals surface area contributed by atoms with Crippen molar-refractivity contribution in [3.8, 4) is 0 Å². The fourth-order valence-electron chi connectivity index (χ4n) is 1.37. The number of rotatable bonds is 2. The Labute approximate surface area is 105 Å². The molecule has 0 saturated heterocycles. The van der Waals surface area contributed by atoms with E-state index in [9.17, 15) is 8.42 Å². The first-order valence-corrected chi connectivity index (χ1v) is 7.21. The molecule has 92 valence electrons. The van der Waals surface area contributed by atoms with E-state index < -0.39 is 10.0 Å². The van der Waals surface area contributed by atoms with Crippen LogP contribution in [-0.2, 0) is 10.0 Å². The molecule has 0 bridgehead atoms. The Hall–Kier alpha value is -1.05. The molecule has 0 saturated carbocycles. The third-order valence-corrected chi connectivity index (χ3v) is 5.06. The zero-order valence-electron chi connectivity index (χ0n) is 9.76. The van der Waals surface area contributed by atoms with Gasteiger partial charge in [-0.15, -0.1) is 0 Å². The highest BCUT2D eigenvalue weighted by Gasteiger charge is 2.20. The van der Waals surface area contributed by atoms with E-state index in [2.05, 4.69) is 9.71 Å². The van der Waals surface area contributed by atoms with Gasteiger partial charge in [0.25, 0.3) is 0 Å². The molecule has 1 aliphatic heterocycles. The molecule has 0 fully saturated rings. The van der Waals surface area contributed by atoms with Crippen molar-refractivity contribution in [2.75, 3.05) is 14.1 Å². The molecule has 1 aromatic rings. The van der Waals surface area contributed by atoms with Crippen LogP contribution in [0.15, 0.2) is 33.0 Å². The van der Waals surface area contributed by atoms with Gasteiger partial charge in [-0.2, -0.15) is 0 Å². The average Bonchev–Trinajstić information content (AvgIpc) is 2.28. The Morgan fingerprint density at radius 1 is 1.35 bits per heavy atom. The van der Waals surface area contributed by atoms with Crippen LogP contribution < -0.4 is 4.72 Å².